The summed E-state index contributed by atoms with van der Waals surface area (Å²) in [6, 6.07) is -0.414. The second kappa shape index (κ2) is 6.78. The quantitative estimate of drug-likeness (QED) is 0.738. The monoisotopic (exact) mass is 243 g/mol. The molecule has 0 atom stereocenters. The predicted molar refractivity (Wildman–Crippen MR) is 59.0 cm³/mol. The molecule has 0 unspecified atom stereocenters. The predicted octanol–water partition coefficient (Wildman–Crippen LogP) is 0.505. The molecule has 0 saturated carbocycles. The Morgan fingerprint density at radius 3 is 2.94 bits per heavy atom. The van der Waals surface area contributed by atoms with E-state index in [1.807, 2.05) is 5.38 Å². The number of aromatic nitrogens is 1. The van der Waals surface area contributed by atoms with E-state index in [-0.39, 0.29) is 6.54 Å². The zero-order chi connectivity index (χ0) is 11.8. The van der Waals surface area contributed by atoms with E-state index in [0.717, 1.165) is 5.01 Å². The topological polar surface area (TPSA) is 80.3 Å². The zero-order valence-electron chi connectivity index (χ0n) is 8.86. The molecule has 0 fully saturated rings. The number of urea groups is 1. The van der Waals surface area contributed by atoms with Gasteiger partial charge in [0, 0.05) is 11.6 Å². The molecule has 0 aliphatic heterocycles. The molecule has 88 valence electrons. The van der Waals surface area contributed by atoms with Crippen molar-refractivity contribution in [2.24, 2.45) is 0 Å². The molecule has 2 amide bonds. The van der Waals surface area contributed by atoms with Crippen molar-refractivity contribution in [1.82, 2.24) is 15.6 Å². The Hall–Kier alpha value is -1.63. The average molecular weight is 243 g/mol. The fourth-order valence-electron chi connectivity index (χ4n) is 0.923. The summed E-state index contributed by atoms with van der Waals surface area (Å²) in [4.78, 5) is 26.1. The van der Waals surface area contributed by atoms with Crippen molar-refractivity contribution in [2.75, 3.05) is 13.2 Å². The minimum absolute atomic E-state index is 0.127. The van der Waals surface area contributed by atoms with Crippen LogP contribution in [0.2, 0.25) is 0 Å². The fourth-order valence-corrected chi connectivity index (χ4v) is 1.48. The van der Waals surface area contributed by atoms with Gasteiger partial charge in [0.15, 0.2) is 0 Å². The minimum atomic E-state index is -0.452. The molecular weight excluding hydrogens is 230 g/mol. The highest BCUT2D eigenvalue weighted by Gasteiger charge is 2.05. The lowest BCUT2D eigenvalue weighted by Crippen LogP contribution is -2.38. The van der Waals surface area contributed by atoms with Crippen LogP contribution in [0.25, 0.3) is 0 Å². The normalized spacial score (nSPS) is 9.56. The molecule has 1 aromatic rings. The standard InChI is InChI=1S/C9H13N3O3S/c1-2-15-8(13)6-12-9(14)11-5-7-10-3-4-16-7/h3-4H,2,5-6H2,1H3,(H2,11,12,14). The van der Waals surface area contributed by atoms with Gasteiger partial charge in [0.25, 0.3) is 0 Å². The number of carbonyl (C=O) groups is 2. The van der Waals surface area contributed by atoms with E-state index in [4.69, 9.17) is 0 Å². The Balaban J connectivity index is 2.14. The number of nitrogens with one attached hydrogen (secondary N) is 2. The first kappa shape index (κ1) is 12.4. The van der Waals surface area contributed by atoms with Crippen LogP contribution in [0.5, 0.6) is 0 Å². The van der Waals surface area contributed by atoms with Gasteiger partial charge in [-0.05, 0) is 6.92 Å². The molecule has 6 nitrogen and oxygen atoms in total. The zero-order valence-corrected chi connectivity index (χ0v) is 9.67. The smallest absolute Gasteiger partial charge is 0.325 e. The molecule has 1 heterocycles. The summed E-state index contributed by atoms with van der Waals surface area (Å²) in [6.45, 7) is 2.24. The van der Waals surface area contributed by atoms with Crippen molar-refractivity contribution in [3.63, 3.8) is 0 Å². The highest BCUT2D eigenvalue weighted by atomic mass is 32.1. The van der Waals surface area contributed by atoms with Crippen LogP contribution in [-0.2, 0) is 16.1 Å². The summed E-state index contributed by atoms with van der Waals surface area (Å²) in [5, 5.41) is 7.59. The molecule has 0 aliphatic carbocycles. The molecule has 0 aliphatic rings. The van der Waals surface area contributed by atoms with Crippen LogP contribution in [0.1, 0.15) is 11.9 Å². The lowest BCUT2D eigenvalue weighted by Gasteiger charge is -2.05. The van der Waals surface area contributed by atoms with Gasteiger partial charge in [0.1, 0.15) is 11.6 Å². The largest absolute Gasteiger partial charge is 0.465 e. The molecule has 7 heteroatoms. The van der Waals surface area contributed by atoms with Gasteiger partial charge in [-0.3, -0.25) is 4.79 Å². The summed E-state index contributed by atoms with van der Waals surface area (Å²) in [5.41, 5.74) is 0. The summed E-state index contributed by atoms with van der Waals surface area (Å²) >= 11 is 1.45. The third-order valence-electron chi connectivity index (χ3n) is 1.58. The molecule has 0 radical (unpaired) electrons. The molecule has 1 aromatic heterocycles. The number of amides is 2. The lowest BCUT2D eigenvalue weighted by molar-refractivity contribution is -0.141. The third kappa shape index (κ3) is 4.74. The van der Waals surface area contributed by atoms with Gasteiger partial charge in [0.05, 0.1) is 13.2 Å². The third-order valence-corrected chi connectivity index (χ3v) is 2.36. The Kier molecular flexibility index (Phi) is 5.27. The average Bonchev–Trinajstić information content (AvgIpc) is 2.77. The number of ether oxygens (including phenoxy) is 1. The minimum Gasteiger partial charge on any atom is -0.465 e. The lowest BCUT2D eigenvalue weighted by atomic mass is 10.6. The number of carbonyl (C=O) groups excluding carboxylic acids is 2. The number of esters is 1. The number of thiazole rings is 1. The van der Waals surface area contributed by atoms with E-state index in [2.05, 4.69) is 20.4 Å². The Bertz CT molecular complexity index is 340. The molecular formula is C9H13N3O3S. The van der Waals surface area contributed by atoms with Crippen molar-refractivity contribution >= 4 is 23.3 Å². The maximum Gasteiger partial charge on any atom is 0.325 e. The van der Waals surface area contributed by atoms with Crippen LogP contribution in [-0.4, -0.2) is 30.1 Å². The summed E-state index contributed by atoms with van der Waals surface area (Å²) in [6.07, 6.45) is 1.66. The van der Waals surface area contributed by atoms with Crippen molar-refractivity contribution in [2.45, 2.75) is 13.5 Å². The summed E-state index contributed by atoms with van der Waals surface area (Å²) < 4.78 is 4.65. The van der Waals surface area contributed by atoms with Crippen molar-refractivity contribution in [3.05, 3.63) is 16.6 Å². The Labute approximate surface area is 97.0 Å². The van der Waals surface area contributed by atoms with E-state index < -0.39 is 12.0 Å². The maximum absolute atomic E-state index is 11.2. The van der Waals surface area contributed by atoms with Gasteiger partial charge in [-0.2, -0.15) is 0 Å². The molecule has 0 aromatic carbocycles. The van der Waals surface area contributed by atoms with Crippen molar-refractivity contribution in [1.29, 1.82) is 0 Å². The van der Waals surface area contributed by atoms with Crippen molar-refractivity contribution < 1.29 is 14.3 Å². The van der Waals surface area contributed by atoms with Crippen LogP contribution in [0.3, 0.4) is 0 Å². The first-order valence-corrected chi connectivity index (χ1v) is 5.66. The molecule has 1 rings (SSSR count). The highest BCUT2D eigenvalue weighted by Crippen LogP contribution is 2.02. The number of hydrogen-bond acceptors (Lipinski definition) is 5. The van der Waals surface area contributed by atoms with Gasteiger partial charge in [-0.25, -0.2) is 9.78 Å². The van der Waals surface area contributed by atoms with Crippen LogP contribution in [0, 0.1) is 0 Å². The first-order valence-electron chi connectivity index (χ1n) is 4.78. The molecule has 2 N–H and O–H groups in total. The molecule has 0 spiro atoms. The van der Waals surface area contributed by atoms with E-state index in [1.165, 1.54) is 11.3 Å². The van der Waals surface area contributed by atoms with Gasteiger partial charge >= 0.3 is 12.0 Å². The van der Waals surface area contributed by atoms with Crippen LogP contribution in [0.4, 0.5) is 4.79 Å². The SMILES string of the molecule is CCOC(=O)CNC(=O)NCc1nccs1. The Morgan fingerprint density at radius 1 is 1.50 bits per heavy atom. The molecule has 16 heavy (non-hydrogen) atoms. The number of nitrogens with zero attached hydrogens (tertiary/aromatic N) is 1. The van der Waals surface area contributed by atoms with Crippen LogP contribution < -0.4 is 10.6 Å². The Morgan fingerprint density at radius 2 is 2.31 bits per heavy atom. The summed E-state index contributed by atoms with van der Waals surface area (Å²) in [7, 11) is 0. The summed E-state index contributed by atoms with van der Waals surface area (Å²) in [5.74, 6) is -0.452. The van der Waals surface area contributed by atoms with Gasteiger partial charge < -0.3 is 15.4 Å². The fraction of sp³-hybridized carbons (Fsp3) is 0.444. The van der Waals surface area contributed by atoms with Crippen LogP contribution >= 0.6 is 11.3 Å². The second-order valence-electron chi connectivity index (χ2n) is 2.77. The molecule has 0 bridgehead atoms. The van der Waals surface area contributed by atoms with E-state index in [1.54, 1.807) is 13.1 Å². The van der Waals surface area contributed by atoms with Gasteiger partial charge in [0.2, 0.25) is 0 Å². The first-order chi connectivity index (χ1) is 7.72. The van der Waals surface area contributed by atoms with Crippen molar-refractivity contribution in [3.8, 4) is 0 Å². The van der Waals surface area contributed by atoms with Gasteiger partial charge in [-0.15, -0.1) is 11.3 Å². The van der Waals surface area contributed by atoms with E-state index in [0.29, 0.717) is 13.2 Å². The van der Waals surface area contributed by atoms with E-state index >= 15 is 0 Å². The van der Waals surface area contributed by atoms with E-state index in [9.17, 15) is 9.59 Å². The van der Waals surface area contributed by atoms with Gasteiger partial charge in [-0.1, -0.05) is 0 Å². The molecule has 0 saturated heterocycles. The number of rotatable bonds is 5. The second-order valence-corrected chi connectivity index (χ2v) is 3.75. The maximum atomic E-state index is 11.2. The highest BCUT2D eigenvalue weighted by molar-refractivity contribution is 7.09. The van der Waals surface area contributed by atoms with Crippen LogP contribution in [0.15, 0.2) is 11.6 Å². The number of hydrogen-bond donors (Lipinski definition) is 2.